The fourth-order valence-corrected chi connectivity index (χ4v) is 5.82. The molecule has 0 bridgehead atoms. The highest BCUT2D eigenvalue weighted by Crippen LogP contribution is 2.40. The lowest BCUT2D eigenvalue weighted by molar-refractivity contribution is -0.669. The lowest BCUT2D eigenvalue weighted by atomic mass is 9.99. The van der Waals surface area contributed by atoms with Crippen LogP contribution in [0.15, 0.2) is 72.8 Å². The Morgan fingerprint density at radius 1 is 0.919 bits per heavy atom. The molecule has 0 spiro atoms. The van der Waals surface area contributed by atoms with E-state index in [4.69, 9.17) is 9.47 Å². The van der Waals surface area contributed by atoms with Gasteiger partial charge in [0, 0.05) is 42.0 Å². The Bertz CT molecular complexity index is 1660. The van der Waals surface area contributed by atoms with Crippen LogP contribution in [0.3, 0.4) is 0 Å². The Morgan fingerprint density at radius 2 is 1.70 bits per heavy atom. The second-order valence-corrected chi connectivity index (χ2v) is 9.71. The zero-order valence-electron chi connectivity index (χ0n) is 20.7. The van der Waals surface area contributed by atoms with E-state index in [0.29, 0.717) is 13.1 Å². The molecule has 6 heteroatoms. The maximum absolute atomic E-state index is 13.5. The van der Waals surface area contributed by atoms with Gasteiger partial charge in [-0.15, -0.1) is 0 Å². The molecule has 0 unspecified atom stereocenters. The van der Waals surface area contributed by atoms with Crippen molar-refractivity contribution in [1.82, 2.24) is 4.57 Å². The summed E-state index contributed by atoms with van der Waals surface area (Å²) in [6.45, 7) is 4.53. The molecule has 3 heterocycles. The first kappa shape index (κ1) is 23.7. The van der Waals surface area contributed by atoms with Crippen LogP contribution in [0.2, 0.25) is 0 Å². The summed E-state index contributed by atoms with van der Waals surface area (Å²) in [6.07, 6.45) is 1.82. The number of aromatic nitrogens is 2. The molecule has 0 saturated heterocycles. The highest BCUT2D eigenvalue weighted by atomic mass is 79.9. The summed E-state index contributed by atoms with van der Waals surface area (Å²) in [4.78, 5) is 13.5. The molecule has 186 valence electrons. The van der Waals surface area contributed by atoms with Gasteiger partial charge in [-0.05, 0) is 35.0 Å². The maximum atomic E-state index is 13.5. The van der Waals surface area contributed by atoms with Crippen molar-refractivity contribution in [2.45, 2.75) is 32.9 Å². The number of fused-ring (bicyclic) bond motifs is 4. The van der Waals surface area contributed by atoms with Gasteiger partial charge in [-0.3, -0.25) is 4.79 Å². The molecule has 0 radical (unpaired) electrons. The zero-order chi connectivity index (χ0) is 24.2. The van der Waals surface area contributed by atoms with Crippen molar-refractivity contribution >= 4 is 27.6 Å². The Kier molecular flexibility index (Phi) is 6.00. The van der Waals surface area contributed by atoms with Gasteiger partial charge in [0.25, 0.3) is 5.82 Å². The second-order valence-electron chi connectivity index (χ2n) is 9.71. The summed E-state index contributed by atoms with van der Waals surface area (Å²) in [5.41, 5.74) is 6.62. The van der Waals surface area contributed by atoms with Gasteiger partial charge < -0.3 is 26.5 Å². The van der Waals surface area contributed by atoms with Crippen molar-refractivity contribution in [3.63, 3.8) is 0 Å². The average Bonchev–Trinajstić information content (AvgIpc) is 3.63. The van der Waals surface area contributed by atoms with Crippen LogP contribution in [0, 0.1) is 6.92 Å². The molecular weight excluding hydrogens is 528 g/mol. The molecule has 0 atom stereocenters. The largest absolute Gasteiger partial charge is 1.00 e. The average molecular weight is 555 g/mol. The minimum atomic E-state index is 0. The zero-order valence-corrected chi connectivity index (χ0v) is 22.3. The topological polar surface area (TPSA) is 44.3 Å². The standard InChI is InChI=1S/C31H27N2O3.BrH/c1-20-32(18-26-25-13-15-35-30(25)17-24-12-14-36-31(24)26)27-8-4-5-9-28(27)33(20)19-29(34)23-11-10-21-6-2-3-7-22(21)16-23;/h2-11,16-17H,12-15,18-19H2,1H3;1H/q+1;/p-1. The van der Waals surface area contributed by atoms with Crippen molar-refractivity contribution in [3.8, 4) is 11.5 Å². The van der Waals surface area contributed by atoms with Crippen LogP contribution in [-0.4, -0.2) is 23.6 Å². The monoisotopic (exact) mass is 554 g/mol. The van der Waals surface area contributed by atoms with Crippen molar-refractivity contribution in [2.75, 3.05) is 13.2 Å². The van der Waals surface area contributed by atoms with E-state index in [1.165, 1.54) is 16.7 Å². The predicted molar refractivity (Wildman–Crippen MR) is 139 cm³/mol. The molecular formula is C31H27BrN2O3. The van der Waals surface area contributed by atoms with Crippen LogP contribution in [0.5, 0.6) is 11.5 Å². The fourth-order valence-electron chi connectivity index (χ4n) is 5.82. The fraction of sp³-hybridized carbons (Fsp3) is 0.226. The highest BCUT2D eigenvalue weighted by molar-refractivity contribution is 6.00. The van der Waals surface area contributed by atoms with Crippen molar-refractivity contribution in [3.05, 3.63) is 101 Å². The Balaban J connectivity index is 0.00000252. The SMILES string of the molecule is Cc1n(CC(=O)c2ccc3ccccc3c2)c2ccccc2[n+]1Cc1c2c(cc3c1OCC3)OCC2.[Br-]. The van der Waals surface area contributed by atoms with E-state index in [1.807, 2.05) is 36.4 Å². The van der Waals surface area contributed by atoms with Crippen molar-refractivity contribution < 1.29 is 35.8 Å². The van der Waals surface area contributed by atoms with Crippen LogP contribution in [0.25, 0.3) is 21.8 Å². The van der Waals surface area contributed by atoms with Gasteiger partial charge in [0.2, 0.25) is 5.78 Å². The Hall–Kier alpha value is -3.64. The molecule has 0 amide bonds. The smallest absolute Gasteiger partial charge is 0.254 e. The molecule has 1 aromatic heterocycles. The normalized spacial score (nSPS) is 13.6. The second kappa shape index (κ2) is 9.34. The van der Waals surface area contributed by atoms with Crippen LogP contribution >= 0.6 is 0 Å². The third-order valence-electron chi connectivity index (χ3n) is 7.69. The Labute approximate surface area is 226 Å². The lowest BCUT2D eigenvalue weighted by Crippen LogP contribution is -3.00. The van der Waals surface area contributed by atoms with Crippen LogP contribution in [0.4, 0.5) is 0 Å². The van der Waals surface area contributed by atoms with Gasteiger partial charge in [-0.2, -0.15) is 0 Å². The van der Waals surface area contributed by atoms with Gasteiger partial charge in [-0.25, -0.2) is 9.13 Å². The molecule has 0 N–H and O–H groups in total. The molecule has 37 heavy (non-hydrogen) atoms. The third-order valence-corrected chi connectivity index (χ3v) is 7.69. The number of carbonyl (C=O) groups excluding carboxylic acids is 1. The van der Waals surface area contributed by atoms with E-state index in [1.54, 1.807) is 0 Å². The quantitative estimate of drug-likeness (QED) is 0.247. The van der Waals surface area contributed by atoms with Gasteiger partial charge in [0.05, 0.1) is 13.2 Å². The number of hydrogen-bond acceptors (Lipinski definition) is 3. The molecule has 4 aromatic carbocycles. The van der Waals surface area contributed by atoms with E-state index in [9.17, 15) is 4.79 Å². The van der Waals surface area contributed by atoms with Gasteiger partial charge in [0.1, 0.15) is 18.0 Å². The number of carbonyl (C=O) groups is 1. The molecule has 5 aromatic rings. The number of Topliss-reactive ketones (excluding diaryl/α,β-unsaturated/α-hetero) is 1. The number of nitrogens with zero attached hydrogens (tertiary/aromatic N) is 2. The van der Waals surface area contributed by atoms with Crippen molar-refractivity contribution in [1.29, 1.82) is 0 Å². The first-order valence-electron chi connectivity index (χ1n) is 12.6. The summed E-state index contributed by atoms with van der Waals surface area (Å²) >= 11 is 0. The van der Waals surface area contributed by atoms with Crippen LogP contribution < -0.4 is 31.0 Å². The third kappa shape index (κ3) is 3.91. The van der Waals surface area contributed by atoms with E-state index >= 15 is 0 Å². The number of benzene rings is 4. The van der Waals surface area contributed by atoms with E-state index in [-0.39, 0.29) is 22.8 Å². The minimum Gasteiger partial charge on any atom is -1.00 e. The molecule has 0 fully saturated rings. The molecule has 5 nitrogen and oxygen atoms in total. The van der Waals surface area contributed by atoms with Crippen LogP contribution in [-0.2, 0) is 25.9 Å². The number of ketones is 1. The molecule has 2 aliphatic heterocycles. The molecule has 7 rings (SSSR count). The first-order chi connectivity index (χ1) is 17.7. The number of rotatable bonds is 5. The van der Waals surface area contributed by atoms with E-state index in [2.05, 4.69) is 52.5 Å². The van der Waals surface area contributed by atoms with E-state index in [0.717, 1.165) is 70.7 Å². The minimum absolute atomic E-state index is 0. The lowest BCUT2D eigenvalue weighted by Gasteiger charge is -2.12. The van der Waals surface area contributed by atoms with Crippen molar-refractivity contribution in [2.24, 2.45) is 0 Å². The highest BCUT2D eigenvalue weighted by Gasteiger charge is 2.30. The number of para-hydroxylation sites is 2. The number of imidazole rings is 1. The molecule has 2 aliphatic rings. The maximum Gasteiger partial charge on any atom is 0.254 e. The number of halogens is 1. The molecule has 0 saturated carbocycles. The Morgan fingerprint density at radius 3 is 2.59 bits per heavy atom. The number of hydrogen-bond donors (Lipinski definition) is 0. The first-order valence-corrected chi connectivity index (χ1v) is 12.6. The summed E-state index contributed by atoms with van der Waals surface area (Å²) < 4.78 is 16.5. The predicted octanol–water partition coefficient (Wildman–Crippen LogP) is 2.20. The molecule has 0 aliphatic carbocycles. The number of ether oxygens (including phenoxy) is 2. The summed E-state index contributed by atoms with van der Waals surface area (Å²) in [6, 6.07) is 24.6. The van der Waals surface area contributed by atoms with Crippen LogP contribution in [0.1, 0.15) is 32.9 Å². The summed E-state index contributed by atoms with van der Waals surface area (Å²) in [7, 11) is 0. The summed E-state index contributed by atoms with van der Waals surface area (Å²) in [5.74, 6) is 3.18. The van der Waals surface area contributed by atoms with E-state index < -0.39 is 0 Å². The van der Waals surface area contributed by atoms with Gasteiger partial charge in [-0.1, -0.05) is 48.5 Å². The van der Waals surface area contributed by atoms with Gasteiger partial charge in [0.15, 0.2) is 17.6 Å². The van der Waals surface area contributed by atoms with Gasteiger partial charge >= 0.3 is 0 Å². The summed E-state index contributed by atoms with van der Waals surface area (Å²) in [5, 5.41) is 2.23.